The van der Waals surface area contributed by atoms with Gasteiger partial charge in [0.05, 0.1) is 5.02 Å². The number of amides is 1. The molecule has 1 fully saturated rings. The highest BCUT2D eigenvalue weighted by Gasteiger charge is 2.30. The first-order valence-corrected chi connectivity index (χ1v) is 8.25. The van der Waals surface area contributed by atoms with Crippen molar-refractivity contribution >= 4 is 23.2 Å². The van der Waals surface area contributed by atoms with Gasteiger partial charge in [-0.1, -0.05) is 24.6 Å². The second kappa shape index (κ2) is 7.64. The summed E-state index contributed by atoms with van der Waals surface area (Å²) in [5.41, 5.74) is 1.58. The molecule has 1 aliphatic heterocycles. The number of hydrogen-bond acceptors (Lipinski definition) is 4. The van der Waals surface area contributed by atoms with Crippen LogP contribution in [0.4, 0.5) is 5.69 Å². The fourth-order valence-corrected chi connectivity index (χ4v) is 2.82. The molecule has 1 aromatic carbocycles. The summed E-state index contributed by atoms with van der Waals surface area (Å²) in [7, 11) is 0. The summed E-state index contributed by atoms with van der Waals surface area (Å²) in [5.74, 6) is 0.645. The number of hydrogen-bond donors (Lipinski definition) is 1. The van der Waals surface area contributed by atoms with Crippen LogP contribution in [0.2, 0.25) is 5.02 Å². The maximum atomic E-state index is 12.2. The monoisotopic (exact) mass is 346 g/mol. The molecule has 0 spiro atoms. The fourth-order valence-electron chi connectivity index (χ4n) is 2.58. The van der Waals surface area contributed by atoms with Gasteiger partial charge in [-0.05, 0) is 36.6 Å². The molecule has 1 N–H and O–H groups in total. The standard InChI is InChI=1S/C18H19ClN2O3/c1-12-6-8-23-17(12)18(22)21-14-4-5-16(15(19)9-14)24-11-13-3-2-7-20-10-13/h2-5,7,9-10,12,17H,6,8,11H2,1H3,(H,21,22). The van der Waals surface area contributed by atoms with Crippen LogP contribution >= 0.6 is 11.6 Å². The molecule has 3 rings (SSSR count). The third-order valence-electron chi connectivity index (χ3n) is 3.96. The van der Waals surface area contributed by atoms with Crippen LogP contribution in [-0.4, -0.2) is 23.6 Å². The average molecular weight is 347 g/mol. The first kappa shape index (κ1) is 16.7. The quantitative estimate of drug-likeness (QED) is 0.897. The molecule has 24 heavy (non-hydrogen) atoms. The van der Waals surface area contributed by atoms with Crippen LogP contribution in [0.25, 0.3) is 0 Å². The Bertz CT molecular complexity index is 709. The van der Waals surface area contributed by atoms with Gasteiger partial charge in [0.15, 0.2) is 0 Å². The lowest BCUT2D eigenvalue weighted by atomic mass is 10.0. The zero-order valence-electron chi connectivity index (χ0n) is 13.4. The molecule has 2 unspecified atom stereocenters. The van der Waals surface area contributed by atoms with Crippen molar-refractivity contribution in [2.24, 2.45) is 5.92 Å². The molecule has 1 aliphatic rings. The second-order valence-electron chi connectivity index (χ2n) is 5.84. The Morgan fingerprint density at radius 3 is 3.00 bits per heavy atom. The summed E-state index contributed by atoms with van der Waals surface area (Å²) in [5, 5.41) is 3.28. The van der Waals surface area contributed by atoms with Gasteiger partial charge in [0.1, 0.15) is 18.5 Å². The minimum atomic E-state index is -0.398. The lowest BCUT2D eigenvalue weighted by molar-refractivity contribution is -0.126. The van der Waals surface area contributed by atoms with Crippen LogP contribution in [0.1, 0.15) is 18.9 Å². The molecule has 0 saturated carbocycles. The van der Waals surface area contributed by atoms with E-state index in [1.807, 2.05) is 19.1 Å². The summed E-state index contributed by atoms with van der Waals surface area (Å²) in [4.78, 5) is 16.3. The number of carbonyl (C=O) groups excluding carboxylic acids is 1. The van der Waals surface area contributed by atoms with Crippen molar-refractivity contribution in [1.29, 1.82) is 0 Å². The third kappa shape index (κ3) is 4.04. The van der Waals surface area contributed by atoms with Crippen molar-refractivity contribution in [3.8, 4) is 5.75 Å². The fraction of sp³-hybridized carbons (Fsp3) is 0.333. The maximum absolute atomic E-state index is 12.2. The molecule has 2 atom stereocenters. The molecular weight excluding hydrogens is 328 g/mol. The summed E-state index contributed by atoms with van der Waals surface area (Å²) in [6.45, 7) is 3.02. The topological polar surface area (TPSA) is 60.5 Å². The molecule has 2 heterocycles. The van der Waals surface area contributed by atoms with E-state index in [4.69, 9.17) is 21.1 Å². The van der Waals surface area contributed by atoms with Gasteiger partial charge in [-0.2, -0.15) is 0 Å². The highest BCUT2D eigenvalue weighted by atomic mass is 35.5. The van der Waals surface area contributed by atoms with Crippen LogP contribution in [0.3, 0.4) is 0 Å². The zero-order valence-corrected chi connectivity index (χ0v) is 14.1. The Hall–Kier alpha value is -2.11. The maximum Gasteiger partial charge on any atom is 0.253 e. The molecule has 1 saturated heterocycles. The van der Waals surface area contributed by atoms with Crippen molar-refractivity contribution in [2.45, 2.75) is 26.1 Å². The van der Waals surface area contributed by atoms with E-state index in [-0.39, 0.29) is 11.8 Å². The smallest absolute Gasteiger partial charge is 0.253 e. The van der Waals surface area contributed by atoms with Crippen LogP contribution < -0.4 is 10.1 Å². The Labute approximate surface area is 145 Å². The van der Waals surface area contributed by atoms with Crippen LogP contribution in [0, 0.1) is 5.92 Å². The number of aromatic nitrogens is 1. The van der Waals surface area contributed by atoms with Crippen molar-refractivity contribution in [1.82, 2.24) is 4.98 Å². The number of pyridine rings is 1. The van der Waals surface area contributed by atoms with Gasteiger partial charge in [-0.15, -0.1) is 0 Å². The molecule has 0 aliphatic carbocycles. The summed E-state index contributed by atoms with van der Waals surface area (Å²) >= 11 is 6.24. The van der Waals surface area contributed by atoms with E-state index in [9.17, 15) is 4.79 Å². The van der Waals surface area contributed by atoms with Gasteiger partial charge in [0.2, 0.25) is 0 Å². The predicted octanol–water partition coefficient (Wildman–Crippen LogP) is 3.68. The third-order valence-corrected chi connectivity index (χ3v) is 4.26. The molecule has 6 heteroatoms. The highest BCUT2D eigenvalue weighted by Crippen LogP contribution is 2.29. The number of halogens is 1. The summed E-state index contributed by atoms with van der Waals surface area (Å²) < 4.78 is 11.2. The number of rotatable bonds is 5. The minimum absolute atomic E-state index is 0.139. The molecule has 5 nitrogen and oxygen atoms in total. The number of ether oxygens (including phenoxy) is 2. The second-order valence-corrected chi connectivity index (χ2v) is 6.25. The highest BCUT2D eigenvalue weighted by molar-refractivity contribution is 6.32. The van der Waals surface area contributed by atoms with Crippen molar-refractivity contribution in [3.63, 3.8) is 0 Å². The SMILES string of the molecule is CC1CCOC1C(=O)Nc1ccc(OCc2cccnc2)c(Cl)c1. The van der Waals surface area contributed by atoms with Crippen LogP contribution in [0.5, 0.6) is 5.75 Å². The van der Waals surface area contributed by atoms with E-state index in [1.54, 1.807) is 30.6 Å². The first-order chi connectivity index (χ1) is 11.6. The van der Waals surface area contributed by atoms with E-state index >= 15 is 0 Å². The Balaban J connectivity index is 1.61. The molecule has 1 amide bonds. The predicted molar refractivity (Wildman–Crippen MR) is 92.2 cm³/mol. The van der Waals surface area contributed by atoms with Crippen molar-refractivity contribution in [2.75, 3.05) is 11.9 Å². The number of benzene rings is 1. The van der Waals surface area contributed by atoms with Crippen molar-refractivity contribution < 1.29 is 14.3 Å². The van der Waals surface area contributed by atoms with E-state index in [2.05, 4.69) is 10.3 Å². The summed E-state index contributed by atoms with van der Waals surface area (Å²) in [6, 6.07) is 8.97. The number of anilines is 1. The van der Waals surface area contributed by atoms with Gasteiger partial charge in [-0.25, -0.2) is 0 Å². The summed E-state index contributed by atoms with van der Waals surface area (Å²) in [6.07, 6.45) is 3.96. The lowest BCUT2D eigenvalue weighted by Gasteiger charge is -2.15. The number of carbonyl (C=O) groups is 1. The molecule has 0 bridgehead atoms. The Morgan fingerprint density at radius 1 is 1.46 bits per heavy atom. The van der Waals surface area contributed by atoms with Crippen molar-refractivity contribution in [3.05, 3.63) is 53.3 Å². The Morgan fingerprint density at radius 2 is 2.33 bits per heavy atom. The van der Waals surface area contributed by atoms with E-state index < -0.39 is 6.10 Å². The van der Waals surface area contributed by atoms with Gasteiger partial charge in [0.25, 0.3) is 5.91 Å². The van der Waals surface area contributed by atoms with Crippen LogP contribution in [0.15, 0.2) is 42.7 Å². The van der Waals surface area contributed by atoms with Gasteiger partial charge >= 0.3 is 0 Å². The van der Waals surface area contributed by atoms with Crippen LogP contribution in [-0.2, 0) is 16.1 Å². The zero-order chi connectivity index (χ0) is 16.9. The molecule has 126 valence electrons. The Kier molecular flexibility index (Phi) is 5.33. The number of nitrogens with one attached hydrogen (secondary N) is 1. The van der Waals surface area contributed by atoms with E-state index in [0.717, 1.165) is 12.0 Å². The molecule has 2 aromatic rings. The molecule has 1 aromatic heterocycles. The normalized spacial score (nSPS) is 19.9. The largest absolute Gasteiger partial charge is 0.487 e. The lowest BCUT2D eigenvalue weighted by Crippen LogP contribution is -2.31. The number of nitrogens with zero attached hydrogens (tertiary/aromatic N) is 1. The molecule has 0 radical (unpaired) electrons. The van der Waals surface area contributed by atoms with E-state index in [0.29, 0.717) is 29.7 Å². The minimum Gasteiger partial charge on any atom is -0.487 e. The van der Waals surface area contributed by atoms with E-state index in [1.165, 1.54) is 0 Å². The first-order valence-electron chi connectivity index (χ1n) is 7.87. The average Bonchev–Trinajstić information content (AvgIpc) is 3.01. The van der Waals surface area contributed by atoms with Gasteiger partial charge < -0.3 is 14.8 Å². The van der Waals surface area contributed by atoms with Gasteiger partial charge in [-0.3, -0.25) is 9.78 Å². The van der Waals surface area contributed by atoms with Gasteiger partial charge in [0, 0.05) is 30.3 Å². The molecular formula is C18H19ClN2O3.